The normalized spacial score (nSPS) is 20.9. The molecule has 0 radical (unpaired) electrons. The number of hydrogen-bond donors (Lipinski definition) is 2. The third-order valence-corrected chi connectivity index (χ3v) is 1.68. The first-order chi connectivity index (χ1) is 4.84. The van der Waals surface area contributed by atoms with Crippen molar-refractivity contribution in [2.24, 2.45) is 5.73 Å². The highest BCUT2D eigenvalue weighted by molar-refractivity contribution is 5.68. The molecular formula is C6H13N2O2+. The Morgan fingerprint density at radius 1 is 1.50 bits per heavy atom. The molecule has 0 spiro atoms. The van der Waals surface area contributed by atoms with E-state index in [0.29, 0.717) is 13.2 Å². The minimum absolute atomic E-state index is 0.100. The molecule has 0 saturated carbocycles. The van der Waals surface area contributed by atoms with E-state index >= 15 is 0 Å². The van der Waals surface area contributed by atoms with E-state index < -0.39 is 0 Å². The quantitative estimate of drug-likeness (QED) is 0.425. The van der Waals surface area contributed by atoms with Gasteiger partial charge >= 0.3 is 5.91 Å². The van der Waals surface area contributed by atoms with Crippen molar-refractivity contribution in [2.45, 2.75) is 0 Å². The molecule has 1 heterocycles. The largest absolute Gasteiger partial charge is 0.370 e. The van der Waals surface area contributed by atoms with Gasteiger partial charge < -0.3 is 10.5 Å². The molecule has 58 valence electrons. The van der Waals surface area contributed by atoms with Crippen LogP contribution < -0.4 is 10.6 Å². The molecule has 0 aromatic carbocycles. The highest BCUT2D eigenvalue weighted by Crippen LogP contribution is 1.74. The molecule has 0 aromatic heterocycles. The van der Waals surface area contributed by atoms with E-state index in [9.17, 15) is 4.79 Å². The predicted octanol–water partition coefficient (Wildman–Crippen LogP) is -2.61. The van der Waals surface area contributed by atoms with E-state index in [-0.39, 0.29) is 12.5 Å². The number of ether oxygens (including phenoxy) is 1. The van der Waals surface area contributed by atoms with Crippen molar-refractivity contribution in [3.63, 3.8) is 0 Å². The van der Waals surface area contributed by atoms with Crippen LogP contribution >= 0.6 is 0 Å². The number of morpholine rings is 1. The number of rotatable bonds is 1. The van der Waals surface area contributed by atoms with Crippen LogP contribution in [0.5, 0.6) is 0 Å². The van der Waals surface area contributed by atoms with Gasteiger partial charge in [-0.1, -0.05) is 0 Å². The fourth-order valence-corrected chi connectivity index (χ4v) is 1.04. The highest BCUT2D eigenvalue weighted by atomic mass is 16.5. The van der Waals surface area contributed by atoms with Gasteiger partial charge in [-0.2, -0.15) is 0 Å². The van der Waals surface area contributed by atoms with Gasteiger partial charge in [-0.15, -0.1) is 0 Å². The maximum atomic E-state index is 10.9. The fourth-order valence-electron chi connectivity index (χ4n) is 1.04. The lowest BCUT2D eigenvalue weighted by Gasteiger charge is -2.20. The summed E-state index contributed by atoms with van der Waals surface area (Å²) in [7, 11) is 0. The summed E-state index contributed by atoms with van der Waals surface area (Å²) in [6.07, 6.45) is 0. The van der Waals surface area contributed by atoms with Gasteiger partial charge in [0.25, 0.3) is 0 Å². The van der Waals surface area contributed by atoms with Crippen LogP contribution in [0.3, 0.4) is 0 Å². The summed E-state index contributed by atoms with van der Waals surface area (Å²) in [6.45, 7) is 3.06. The molecule has 1 aliphatic rings. The molecular weight excluding hydrogens is 132 g/mol. The minimum atomic E-state index is 0.100. The van der Waals surface area contributed by atoms with Crippen molar-refractivity contribution in [3.8, 4) is 0 Å². The van der Waals surface area contributed by atoms with Crippen molar-refractivity contribution in [2.75, 3.05) is 32.8 Å². The second-order valence-electron chi connectivity index (χ2n) is 2.34. The summed E-state index contributed by atoms with van der Waals surface area (Å²) >= 11 is 0. The molecule has 4 nitrogen and oxygen atoms in total. The Bertz CT molecular complexity index is 121. The zero-order valence-electron chi connectivity index (χ0n) is 5.93. The van der Waals surface area contributed by atoms with Gasteiger partial charge in [-0.3, -0.25) is 4.90 Å². The fraction of sp³-hybridized carbons (Fsp3) is 0.833. The molecule has 1 rings (SSSR count). The summed E-state index contributed by atoms with van der Waals surface area (Å²) in [5, 5.41) is 0. The molecule has 0 aliphatic carbocycles. The summed E-state index contributed by atoms with van der Waals surface area (Å²) in [5.41, 5.74) is 5.19. The summed E-state index contributed by atoms with van der Waals surface area (Å²) in [5.74, 6) is 0.100. The second-order valence-corrected chi connectivity index (χ2v) is 2.34. The summed E-state index contributed by atoms with van der Waals surface area (Å²) in [6, 6.07) is 0. The van der Waals surface area contributed by atoms with Crippen molar-refractivity contribution in [1.82, 2.24) is 0 Å². The Morgan fingerprint density at radius 3 is 2.60 bits per heavy atom. The topological polar surface area (TPSA) is 56.8 Å². The van der Waals surface area contributed by atoms with Crippen LogP contribution in [-0.2, 0) is 9.53 Å². The number of hydrogen-bond acceptors (Lipinski definition) is 3. The van der Waals surface area contributed by atoms with E-state index in [1.807, 2.05) is 0 Å². The Hall–Kier alpha value is -0.450. The first-order valence-electron chi connectivity index (χ1n) is 3.50. The van der Waals surface area contributed by atoms with Crippen LogP contribution in [-0.4, -0.2) is 38.8 Å². The maximum Gasteiger partial charge on any atom is 0.325 e. The van der Waals surface area contributed by atoms with E-state index in [4.69, 9.17) is 10.5 Å². The number of carbonyl (C=O) groups excluding carboxylic acids is 1. The standard InChI is InChI=1S/C6H12N2O2/c7-5-6(9)8-1-3-10-4-2-8/h1-5,7H2/p+1. The molecule has 0 atom stereocenters. The van der Waals surface area contributed by atoms with Gasteiger partial charge in [0.05, 0.1) is 13.2 Å². The monoisotopic (exact) mass is 145 g/mol. The predicted molar refractivity (Wildman–Crippen MR) is 35.6 cm³/mol. The molecule has 1 amide bonds. The van der Waals surface area contributed by atoms with Crippen molar-refractivity contribution in [3.05, 3.63) is 0 Å². The Balaban J connectivity index is 2.31. The number of quaternary nitrogens is 1. The molecule has 1 aliphatic heterocycles. The highest BCUT2D eigenvalue weighted by Gasteiger charge is 2.20. The first-order valence-corrected chi connectivity index (χ1v) is 3.50. The SMILES string of the molecule is NCC(=O)[NH+]1CCOCC1. The van der Waals surface area contributed by atoms with Gasteiger partial charge in [0.15, 0.2) is 0 Å². The van der Waals surface area contributed by atoms with E-state index in [1.165, 1.54) is 0 Å². The third-order valence-electron chi connectivity index (χ3n) is 1.68. The molecule has 0 bridgehead atoms. The van der Waals surface area contributed by atoms with Gasteiger partial charge in [0.1, 0.15) is 19.6 Å². The molecule has 0 unspecified atom stereocenters. The van der Waals surface area contributed by atoms with Gasteiger partial charge in [0, 0.05) is 0 Å². The smallest absolute Gasteiger partial charge is 0.325 e. The summed E-state index contributed by atoms with van der Waals surface area (Å²) < 4.78 is 5.08. The number of amides is 1. The Morgan fingerprint density at radius 2 is 2.10 bits per heavy atom. The van der Waals surface area contributed by atoms with Crippen LogP contribution in [0.15, 0.2) is 0 Å². The van der Waals surface area contributed by atoms with Crippen LogP contribution in [0.2, 0.25) is 0 Å². The lowest BCUT2D eigenvalue weighted by Crippen LogP contribution is -3.17. The lowest BCUT2D eigenvalue weighted by atomic mass is 10.4. The van der Waals surface area contributed by atoms with Gasteiger partial charge in [0.2, 0.25) is 0 Å². The van der Waals surface area contributed by atoms with Gasteiger partial charge in [-0.25, -0.2) is 4.79 Å². The van der Waals surface area contributed by atoms with E-state index in [2.05, 4.69) is 0 Å². The van der Waals surface area contributed by atoms with E-state index in [0.717, 1.165) is 18.0 Å². The second kappa shape index (κ2) is 3.65. The molecule has 4 heteroatoms. The molecule has 3 N–H and O–H groups in total. The maximum absolute atomic E-state index is 10.9. The average molecular weight is 145 g/mol. The van der Waals surface area contributed by atoms with E-state index in [1.54, 1.807) is 0 Å². The van der Waals surface area contributed by atoms with Crippen LogP contribution in [0.25, 0.3) is 0 Å². The number of nitrogens with two attached hydrogens (primary N) is 1. The zero-order valence-corrected chi connectivity index (χ0v) is 5.93. The Labute approximate surface area is 59.9 Å². The van der Waals surface area contributed by atoms with Gasteiger partial charge in [-0.05, 0) is 0 Å². The molecule has 0 aromatic rings. The van der Waals surface area contributed by atoms with Crippen molar-refractivity contribution >= 4 is 5.91 Å². The lowest BCUT2D eigenvalue weighted by molar-refractivity contribution is -0.829. The molecule has 1 fully saturated rings. The molecule has 1 saturated heterocycles. The first kappa shape index (κ1) is 7.65. The minimum Gasteiger partial charge on any atom is -0.370 e. The van der Waals surface area contributed by atoms with Crippen LogP contribution in [0.1, 0.15) is 0 Å². The average Bonchev–Trinajstić information content (AvgIpc) is 2.05. The van der Waals surface area contributed by atoms with Crippen LogP contribution in [0, 0.1) is 0 Å². The van der Waals surface area contributed by atoms with Crippen molar-refractivity contribution in [1.29, 1.82) is 0 Å². The number of carbonyl (C=O) groups is 1. The van der Waals surface area contributed by atoms with Crippen LogP contribution in [0.4, 0.5) is 0 Å². The van der Waals surface area contributed by atoms with Crippen molar-refractivity contribution < 1.29 is 14.4 Å². The molecule has 10 heavy (non-hydrogen) atoms. The Kier molecular flexibility index (Phi) is 2.80. The third kappa shape index (κ3) is 1.76. The summed E-state index contributed by atoms with van der Waals surface area (Å²) in [4.78, 5) is 11.9. The number of nitrogens with one attached hydrogen (secondary N) is 1. The zero-order chi connectivity index (χ0) is 7.40.